The summed E-state index contributed by atoms with van der Waals surface area (Å²) in [6.45, 7) is 5.29. The number of nitrogens with zero attached hydrogens (tertiary/aromatic N) is 2. The summed E-state index contributed by atoms with van der Waals surface area (Å²) >= 11 is 0. The fraction of sp³-hybridized carbons (Fsp3) is 0.846. The predicted octanol–water partition coefficient (Wildman–Crippen LogP) is 2.02. The van der Waals surface area contributed by atoms with Crippen molar-refractivity contribution in [1.82, 2.24) is 9.80 Å². The summed E-state index contributed by atoms with van der Waals surface area (Å²) in [5.41, 5.74) is 0. The number of carboxylic acids is 1. The van der Waals surface area contributed by atoms with Gasteiger partial charge in [0.1, 0.15) is 6.04 Å². The van der Waals surface area contributed by atoms with Crippen LogP contribution in [0.15, 0.2) is 0 Å². The third-order valence-electron chi connectivity index (χ3n) is 3.38. The molecule has 0 aromatic carbocycles. The smallest absolute Gasteiger partial charge is 0.326 e. The van der Waals surface area contributed by atoms with E-state index >= 15 is 0 Å². The molecule has 0 aromatic heterocycles. The Kier molecular flexibility index (Phi) is 5.44. The first-order chi connectivity index (χ1) is 8.51. The van der Waals surface area contributed by atoms with Gasteiger partial charge in [-0.3, -0.25) is 0 Å². The van der Waals surface area contributed by atoms with Crippen molar-refractivity contribution >= 4 is 12.0 Å². The van der Waals surface area contributed by atoms with E-state index in [-0.39, 0.29) is 6.03 Å². The van der Waals surface area contributed by atoms with Gasteiger partial charge in [0.15, 0.2) is 0 Å². The van der Waals surface area contributed by atoms with Gasteiger partial charge in [-0.2, -0.15) is 0 Å². The van der Waals surface area contributed by atoms with Crippen molar-refractivity contribution in [2.45, 2.75) is 45.6 Å². The molecule has 0 spiro atoms. The van der Waals surface area contributed by atoms with E-state index in [1.165, 1.54) is 17.7 Å². The first kappa shape index (κ1) is 14.8. The number of carboxylic acid groups (broad SMARTS) is 1. The van der Waals surface area contributed by atoms with E-state index in [1.807, 2.05) is 6.92 Å². The molecule has 18 heavy (non-hydrogen) atoms. The van der Waals surface area contributed by atoms with Crippen molar-refractivity contribution in [2.75, 3.05) is 20.1 Å². The zero-order chi connectivity index (χ0) is 13.7. The molecular weight excluding hydrogens is 232 g/mol. The Bertz CT molecular complexity index is 303. The van der Waals surface area contributed by atoms with Crippen LogP contribution in [0.1, 0.15) is 39.5 Å². The van der Waals surface area contributed by atoms with Gasteiger partial charge >= 0.3 is 12.0 Å². The molecule has 1 atom stereocenters. The third-order valence-corrected chi connectivity index (χ3v) is 3.38. The Morgan fingerprint density at radius 3 is 2.33 bits per heavy atom. The Morgan fingerprint density at radius 1 is 1.33 bits per heavy atom. The minimum atomic E-state index is -0.934. The SMILES string of the molecule is CCCN(CC1CC1)C(=O)N(C)C(CC)C(=O)O. The van der Waals surface area contributed by atoms with Crippen LogP contribution < -0.4 is 0 Å². The van der Waals surface area contributed by atoms with E-state index in [4.69, 9.17) is 5.11 Å². The number of hydrogen-bond acceptors (Lipinski definition) is 2. The fourth-order valence-electron chi connectivity index (χ4n) is 2.12. The minimum absolute atomic E-state index is 0.155. The van der Waals surface area contributed by atoms with Crippen molar-refractivity contribution in [3.05, 3.63) is 0 Å². The number of carbonyl (C=O) groups excluding carboxylic acids is 1. The average Bonchev–Trinajstić information content (AvgIpc) is 3.11. The normalized spacial score (nSPS) is 16.2. The molecule has 2 amide bonds. The van der Waals surface area contributed by atoms with E-state index in [0.717, 1.165) is 13.0 Å². The van der Waals surface area contributed by atoms with E-state index in [1.54, 1.807) is 18.9 Å². The largest absolute Gasteiger partial charge is 0.480 e. The summed E-state index contributed by atoms with van der Waals surface area (Å²) in [5.74, 6) is -0.310. The van der Waals surface area contributed by atoms with Gasteiger partial charge in [-0.1, -0.05) is 13.8 Å². The fourth-order valence-corrected chi connectivity index (χ4v) is 2.12. The number of likely N-dealkylation sites (N-methyl/N-ethyl adjacent to an activating group) is 1. The molecule has 0 heterocycles. The predicted molar refractivity (Wildman–Crippen MR) is 69.5 cm³/mol. The third kappa shape index (κ3) is 3.89. The van der Waals surface area contributed by atoms with Gasteiger partial charge in [-0.25, -0.2) is 9.59 Å². The lowest BCUT2D eigenvalue weighted by atomic mass is 10.2. The van der Waals surface area contributed by atoms with Gasteiger partial charge in [0.25, 0.3) is 0 Å². The van der Waals surface area contributed by atoms with E-state index in [0.29, 0.717) is 18.9 Å². The molecule has 1 unspecified atom stereocenters. The number of aliphatic carboxylic acids is 1. The van der Waals surface area contributed by atoms with Gasteiger partial charge in [0.05, 0.1) is 0 Å². The molecule has 1 saturated carbocycles. The second-order valence-corrected chi connectivity index (χ2v) is 5.05. The number of amides is 2. The van der Waals surface area contributed by atoms with Crippen LogP contribution in [0.3, 0.4) is 0 Å². The second kappa shape index (κ2) is 6.61. The van der Waals surface area contributed by atoms with E-state index < -0.39 is 12.0 Å². The number of urea groups is 1. The van der Waals surface area contributed by atoms with Crippen molar-refractivity contribution in [1.29, 1.82) is 0 Å². The lowest BCUT2D eigenvalue weighted by molar-refractivity contribution is -0.142. The molecule has 1 aliphatic carbocycles. The van der Waals surface area contributed by atoms with Crippen molar-refractivity contribution in [3.63, 3.8) is 0 Å². The number of carbonyl (C=O) groups is 2. The van der Waals surface area contributed by atoms with Crippen LogP contribution in [-0.4, -0.2) is 53.1 Å². The van der Waals surface area contributed by atoms with Gasteiger partial charge in [-0.05, 0) is 31.6 Å². The van der Waals surface area contributed by atoms with Crippen molar-refractivity contribution < 1.29 is 14.7 Å². The molecule has 0 radical (unpaired) electrons. The molecule has 1 aliphatic rings. The molecule has 0 aromatic rings. The number of hydrogen-bond donors (Lipinski definition) is 1. The highest BCUT2D eigenvalue weighted by atomic mass is 16.4. The summed E-state index contributed by atoms with van der Waals surface area (Å²) in [4.78, 5) is 26.5. The van der Waals surface area contributed by atoms with Crippen LogP contribution >= 0.6 is 0 Å². The van der Waals surface area contributed by atoms with Crippen LogP contribution in [0.25, 0.3) is 0 Å². The van der Waals surface area contributed by atoms with Crippen LogP contribution in [0.5, 0.6) is 0 Å². The molecule has 104 valence electrons. The molecule has 0 bridgehead atoms. The van der Waals surface area contributed by atoms with Crippen LogP contribution in [-0.2, 0) is 4.79 Å². The lowest BCUT2D eigenvalue weighted by Gasteiger charge is -2.31. The molecular formula is C13H24N2O3. The van der Waals surface area contributed by atoms with Crippen molar-refractivity contribution in [2.24, 2.45) is 5.92 Å². The Balaban J connectivity index is 2.64. The molecule has 1 fully saturated rings. The highest BCUT2D eigenvalue weighted by Gasteiger charge is 2.31. The second-order valence-electron chi connectivity index (χ2n) is 5.05. The van der Waals surface area contributed by atoms with Gasteiger partial charge < -0.3 is 14.9 Å². The standard InChI is InChI=1S/C13H24N2O3/c1-4-8-15(9-10-6-7-10)13(18)14(3)11(5-2)12(16)17/h10-11H,4-9H2,1-3H3,(H,16,17). The first-order valence-corrected chi connectivity index (χ1v) is 6.75. The molecule has 1 rings (SSSR count). The highest BCUT2D eigenvalue weighted by molar-refractivity contribution is 5.82. The van der Waals surface area contributed by atoms with Crippen LogP contribution in [0.4, 0.5) is 4.79 Å². The van der Waals surface area contributed by atoms with Crippen LogP contribution in [0, 0.1) is 5.92 Å². The summed E-state index contributed by atoms with van der Waals surface area (Å²) in [6.07, 6.45) is 3.71. The monoisotopic (exact) mass is 256 g/mol. The lowest BCUT2D eigenvalue weighted by Crippen LogP contribution is -2.49. The van der Waals surface area contributed by atoms with Gasteiger partial charge in [0, 0.05) is 20.1 Å². The van der Waals surface area contributed by atoms with Gasteiger partial charge in [-0.15, -0.1) is 0 Å². The minimum Gasteiger partial charge on any atom is -0.480 e. The Morgan fingerprint density at radius 2 is 1.94 bits per heavy atom. The summed E-state index contributed by atoms with van der Waals surface area (Å²) in [7, 11) is 1.58. The first-order valence-electron chi connectivity index (χ1n) is 6.75. The van der Waals surface area contributed by atoms with Crippen LogP contribution in [0.2, 0.25) is 0 Å². The summed E-state index contributed by atoms with van der Waals surface area (Å²) in [5, 5.41) is 9.09. The van der Waals surface area contributed by atoms with E-state index in [2.05, 4.69) is 0 Å². The van der Waals surface area contributed by atoms with Gasteiger partial charge in [0.2, 0.25) is 0 Å². The maximum Gasteiger partial charge on any atom is 0.326 e. The molecule has 5 heteroatoms. The maximum atomic E-state index is 12.3. The molecule has 0 saturated heterocycles. The molecule has 0 aliphatic heterocycles. The average molecular weight is 256 g/mol. The maximum absolute atomic E-state index is 12.3. The van der Waals surface area contributed by atoms with E-state index in [9.17, 15) is 9.59 Å². The number of rotatable bonds is 7. The summed E-state index contributed by atoms with van der Waals surface area (Å²) < 4.78 is 0. The molecule has 1 N–H and O–H groups in total. The van der Waals surface area contributed by atoms with Crippen molar-refractivity contribution in [3.8, 4) is 0 Å². The zero-order valence-electron chi connectivity index (χ0n) is 11.6. The quantitative estimate of drug-likeness (QED) is 0.758. The zero-order valence-corrected chi connectivity index (χ0v) is 11.6. The summed E-state index contributed by atoms with van der Waals surface area (Å²) in [6, 6.07) is -0.881. The Labute approximate surface area is 109 Å². The Hall–Kier alpha value is -1.26. The highest BCUT2D eigenvalue weighted by Crippen LogP contribution is 2.30. The molecule has 5 nitrogen and oxygen atoms in total. The topological polar surface area (TPSA) is 60.9 Å².